The van der Waals surface area contributed by atoms with Crippen LogP contribution in [0.25, 0.3) is 0 Å². The Morgan fingerprint density at radius 2 is 1.40 bits per heavy atom. The van der Waals surface area contributed by atoms with Gasteiger partial charge < -0.3 is 5.32 Å². The average Bonchev–Trinajstić information content (AvgIpc) is 2.76. The van der Waals surface area contributed by atoms with Crippen molar-refractivity contribution in [2.24, 2.45) is 11.8 Å². The highest BCUT2D eigenvalue weighted by molar-refractivity contribution is 4.95. The Morgan fingerprint density at radius 1 is 1.00 bits per heavy atom. The minimum atomic E-state index is -5.24. The summed E-state index contributed by atoms with van der Waals surface area (Å²) in [6.45, 7) is 0. The molecule has 0 radical (unpaired) electrons. The second-order valence-corrected chi connectivity index (χ2v) is 3.71. The molecule has 0 heterocycles. The van der Waals surface area contributed by atoms with Crippen LogP contribution in [0.2, 0.25) is 0 Å². The van der Waals surface area contributed by atoms with Crippen molar-refractivity contribution in [2.75, 3.05) is 7.05 Å². The fourth-order valence-corrected chi connectivity index (χ4v) is 1.72. The van der Waals surface area contributed by atoms with Crippen molar-refractivity contribution in [3.05, 3.63) is 0 Å². The quantitative estimate of drug-likeness (QED) is 0.741. The summed E-state index contributed by atoms with van der Waals surface area (Å²) in [6, 6.07) is -1.55. The molecule has 1 rings (SSSR count). The van der Waals surface area contributed by atoms with E-state index in [1.807, 2.05) is 0 Å². The predicted octanol–water partition coefficient (Wildman–Crippen LogP) is 2.73. The van der Waals surface area contributed by atoms with E-state index in [-0.39, 0.29) is 0 Å². The third-order valence-corrected chi connectivity index (χ3v) is 2.53. The van der Waals surface area contributed by atoms with Gasteiger partial charge >= 0.3 is 12.4 Å². The van der Waals surface area contributed by atoms with Gasteiger partial charge in [0.15, 0.2) is 5.92 Å². The number of halogens is 6. The molecule has 1 aliphatic rings. The average molecular weight is 235 g/mol. The van der Waals surface area contributed by atoms with E-state index < -0.39 is 30.2 Å². The van der Waals surface area contributed by atoms with Crippen LogP contribution in [0.3, 0.4) is 0 Å². The number of hydrogen-bond acceptors (Lipinski definition) is 1. The number of alkyl halides is 6. The van der Waals surface area contributed by atoms with E-state index in [1.54, 1.807) is 0 Å². The molecule has 1 atom stereocenters. The smallest absolute Gasteiger partial charge is 0.316 e. The van der Waals surface area contributed by atoms with Gasteiger partial charge in [-0.25, -0.2) is 0 Å². The van der Waals surface area contributed by atoms with Crippen LogP contribution in [0.5, 0.6) is 0 Å². The molecule has 1 N–H and O–H groups in total. The summed E-state index contributed by atoms with van der Waals surface area (Å²) in [7, 11) is 1.13. The fraction of sp³-hybridized carbons (Fsp3) is 1.00. The van der Waals surface area contributed by atoms with Gasteiger partial charge in [0.1, 0.15) is 0 Å². The molecular formula is C8H11F6N. The van der Waals surface area contributed by atoms with E-state index in [4.69, 9.17) is 0 Å². The van der Waals surface area contributed by atoms with E-state index in [0.717, 1.165) is 7.05 Å². The Hall–Kier alpha value is -0.460. The third kappa shape index (κ3) is 2.99. The van der Waals surface area contributed by atoms with Crippen LogP contribution in [0.4, 0.5) is 26.3 Å². The van der Waals surface area contributed by atoms with Gasteiger partial charge in [0.05, 0.1) is 0 Å². The molecule has 0 bridgehead atoms. The largest absolute Gasteiger partial charge is 0.402 e. The summed E-state index contributed by atoms with van der Waals surface area (Å²) in [5.74, 6) is -3.77. The van der Waals surface area contributed by atoms with E-state index >= 15 is 0 Å². The van der Waals surface area contributed by atoms with Crippen molar-refractivity contribution in [1.29, 1.82) is 0 Å². The van der Waals surface area contributed by atoms with Crippen LogP contribution in [0.15, 0.2) is 0 Å². The fourth-order valence-electron chi connectivity index (χ4n) is 1.72. The Morgan fingerprint density at radius 3 is 1.60 bits per heavy atom. The molecule has 90 valence electrons. The summed E-state index contributed by atoms with van der Waals surface area (Å²) < 4.78 is 73.7. The highest BCUT2D eigenvalue weighted by atomic mass is 19.4. The molecular weight excluding hydrogens is 224 g/mol. The molecule has 0 aromatic carbocycles. The first-order valence-electron chi connectivity index (χ1n) is 4.48. The Kier molecular flexibility index (Phi) is 3.23. The van der Waals surface area contributed by atoms with Gasteiger partial charge in [0.25, 0.3) is 0 Å². The molecule has 0 aliphatic heterocycles. The van der Waals surface area contributed by atoms with Gasteiger partial charge in [-0.1, -0.05) is 0 Å². The van der Waals surface area contributed by atoms with E-state index in [2.05, 4.69) is 5.32 Å². The standard InChI is InChI=1S/C8H11F6N/c1-15-5(4-2-3-4)6(7(9,10)11)8(12,13)14/h4-6,15H,2-3H2,1H3. The second-order valence-electron chi connectivity index (χ2n) is 3.71. The maximum atomic E-state index is 12.3. The van der Waals surface area contributed by atoms with E-state index in [1.165, 1.54) is 0 Å². The van der Waals surface area contributed by atoms with Crippen molar-refractivity contribution < 1.29 is 26.3 Å². The summed E-state index contributed by atoms with van der Waals surface area (Å²) in [5, 5.41) is 2.14. The Balaban J connectivity index is 2.88. The molecule has 0 aromatic heterocycles. The number of hydrogen-bond donors (Lipinski definition) is 1. The summed E-state index contributed by atoms with van der Waals surface area (Å²) in [4.78, 5) is 0. The van der Waals surface area contributed by atoms with Gasteiger partial charge in [-0.3, -0.25) is 0 Å². The van der Waals surface area contributed by atoms with Gasteiger partial charge in [-0.05, 0) is 25.8 Å². The van der Waals surface area contributed by atoms with Crippen molar-refractivity contribution >= 4 is 0 Å². The highest BCUT2D eigenvalue weighted by Crippen LogP contribution is 2.47. The Labute approximate surface area is 82.8 Å². The lowest BCUT2D eigenvalue weighted by atomic mass is 9.94. The van der Waals surface area contributed by atoms with Crippen molar-refractivity contribution in [1.82, 2.24) is 5.32 Å². The Bertz CT molecular complexity index is 202. The summed E-state index contributed by atoms with van der Waals surface area (Å²) in [5.41, 5.74) is 0. The van der Waals surface area contributed by atoms with Crippen molar-refractivity contribution in [3.63, 3.8) is 0 Å². The summed E-state index contributed by atoms with van der Waals surface area (Å²) in [6.07, 6.45) is -9.63. The van der Waals surface area contributed by atoms with E-state index in [9.17, 15) is 26.3 Å². The zero-order valence-electron chi connectivity index (χ0n) is 7.91. The van der Waals surface area contributed by atoms with Gasteiger partial charge in [0.2, 0.25) is 0 Å². The molecule has 1 unspecified atom stereocenters. The normalized spacial score (nSPS) is 20.8. The summed E-state index contributed by atoms with van der Waals surface area (Å²) >= 11 is 0. The van der Waals surface area contributed by atoms with Crippen molar-refractivity contribution in [2.45, 2.75) is 31.2 Å². The molecule has 1 fully saturated rings. The van der Waals surface area contributed by atoms with Crippen LogP contribution in [-0.2, 0) is 0 Å². The minimum absolute atomic E-state index is 0.425. The monoisotopic (exact) mass is 235 g/mol. The van der Waals surface area contributed by atoms with Crippen LogP contribution in [0.1, 0.15) is 12.8 Å². The lowest BCUT2D eigenvalue weighted by molar-refractivity contribution is -0.292. The van der Waals surface area contributed by atoms with Crippen LogP contribution in [0, 0.1) is 11.8 Å². The maximum absolute atomic E-state index is 12.3. The zero-order valence-corrected chi connectivity index (χ0v) is 7.91. The zero-order chi connectivity index (χ0) is 11.9. The first-order valence-corrected chi connectivity index (χ1v) is 4.48. The first kappa shape index (κ1) is 12.6. The number of nitrogens with one attached hydrogen (secondary N) is 1. The van der Waals surface area contributed by atoms with Crippen LogP contribution >= 0.6 is 0 Å². The first-order chi connectivity index (χ1) is 6.68. The van der Waals surface area contributed by atoms with Gasteiger partial charge in [-0.2, -0.15) is 26.3 Å². The van der Waals surface area contributed by atoms with Crippen LogP contribution in [-0.4, -0.2) is 25.4 Å². The molecule has 1 aliphatic carbocycles. The molecule has 1 saturated carbocycles. The molecule has 0 aromatic rings. The topological polar surface area (TPSA) is 12.0 Å². The lowest BCUT2D eigenvalue weighted by Crippen LogP contribution is -2.51. The molecule has 0 amide bonds. The minimum Gasteiger partial charge on any atom is -0.316 e. The third-order valence-electron chi connectivity index (χ3n) is 2.53. The highest BCUT2D eigenvalue weighted by Gasteiger charge is 2.62. The van der Waals surface area contributed by atoms with Gasteiger partial charge in [-0.15, -0.1) is 0 Å². The second kappa shape index (κ2) is 3.84. The lowest BCUT2D eigenvalue weighted by Gasteiger charge is -2.30. The molecule has 1 nitrogen and oxygen atoms in total. The maximum Gasteiger partial charge on any atom is 0.402 e. The van der Waals surface area contributed by atoms with E-state index in [0.29, 0.717) is 12.8 Å². The van der Waals surface area contributed by atoms with Crippen LogP contribution < -0.4 is 5.32 Å². The number of rotatable bonds is 3. The van der Waals surface area contributed by atoms with Crippen molar-refractivity contribution in [3.8, 4) is 0 Å². The molecule has 0 saturated heterocycles. The molecule has 15 heavy (non-hydrogen) atoms. The SMILES string of the molecule is CNC(C1CC1)C(C(F)(F)F)C(F)(F)F. The predicted molar refractivity (Wildman–Crippen MR) is 41.2 cm³/mol. The molecule has 7 heteroatoms. The molecule has 0 spiro atoms. The van der Waals surface area contributed by atoms with Gasteiger partial charge in [0, 0.05) is 6.04 Å².